The first-order chi connectivity index (χ1) is 7.99. The summed E-state index contributed by atoms with van der Waals surface area (Å²) < 4.78 is 2.03. The fourth-order valence-corrected chi connectivity index (χ4v) is 1.87. The summed E-state index contributed by atoms with van der Waals surface area (Å²) in [5.41, 5.74) is 4.63. The number of aryl methyl sites for hydroxylation is 2. The second kappa shape index (κ2) is 4.49. The molecule has 1 atom stereocenters. The van der Waals surface area contributed by atoms with Gasteiger partial charge in [0, 0.05) is 0 Å². The summed E-state index contributed by atoms with van der Waals surface area (Å²) in [5, 5.41) is 9.93. The molecule has 1 N–H and O–H groups in total. The molecular weight excluding hydrogens is 212 g/mol. The summed E-state index contributed by atoms with van der Waals surface area (Å²) in [7, 11) is 0. The van der Waals surface area contributed by atoms with E-state index in [1.165, 1.54) is 11.1 Å². The topological polar surface area (TPSA) is 38.0 Å². The average molecular weight is 232 g/mol. The van der Waals surface area contributed by atoms with Gasteiger partial charge in [0.25, 0.3) is 0 Å². The number of hydrogen-bond donors (Lipinski definition) is 1. The molecule has 0 spiro atoms. The molecule has 0 fully saturated rings. The van der Waals surface area contributed by atoms with Crippen LogP contribution in [0.25, 0.3) is 11.0 Å². The average Bonchev–Trinajstić information content (AvgIpc) is 2.62. The van der Waals surface area contributed by atoms with E-state index in [4.69, 9.17) is 0 Å². The molecule has 3 nitrogen and oxygen atoms in total. The highest BCUT2D eigenvalue weighted by Crippen LogP contribution is 2.19. The Hall–Kier alpha value is -1.35. The standard InChI is InChI=1S/C14H20N2O/c1-9(2)14(17)7-16-8-15-12-5-10(3)11(4)6-13(12)16/h5-6,8-9,14,17H,7H2,1-4H3. The van der Waals surface area contributed by atoms with E-state index in [0.29, 0.717) is 6.54 Å². The van der Waals surface area contributed by atoms with Gasteiger partial charge in [-0.1, -0.05) is 13.8 Å². The van der Waals surface area contributed by atoms with E-state index in [1.54, 1.807) is 0 Å². The molecule has 0 bridgehead atoms. The zero-order valence-corrected chi connectivity index (χ0v) is 10.9. The largest absolute Gasteiger partial charge is 0.391 e. The van der Waals surface area contributed by atoms with E-state index in [-0.39, 0.29) is 12.0 Å². The molecule has 2 aromatic rings. The van der Waals surface area contributed by atoms with Crippen molar-refractivity contribution in [3.8, 4) is 0 Å². The van der Waals surface area contributed by atoms with Gasteiger partial charge < -0.3 is 9.67 Å². The van der Waals surface area contributed by atoms with Crippen molar-refractivity contribution in [3.63, 3.8) is 0 Å². The van der Waals surface area contributed by atoms with Gasteiger partial charge in [0.15, 0.2) is 0 Å². The van der Waals surface area contributed by atoms with Crippen LogP contribution < -0.4 is 0 Å². The molecule has 0 saturated carbocycles. The molecule has 1 unspecified atom stereocenters. The molecule has 2 rings (SSSR count). The summed E-state index contributed by atoms with van der Waals surface area (Å²) in [4.78, 5) is 4.38. The fourth-order valence-electron chi connectivity index (χ4n) is 1.87. The van der Waals surface area contributed by atoms with E-state index in [1.807, 2.05) is 24.7 Å². The second-order valence-electron chi connectivity index (χ2n) is 5.13. The summed E-state index contributed by atoms with van der Waals surface area (Å²) in [6.45, 7) is 8.86. The van der Waals surface area contributed by atoms with Crippen molar-refractivity contribution >= 4 is 11.0 Å². The Balaban J connectivity index is 2.39. The van der Waals surface area contributed by atoms with Crippen LogP contribution in [0.1, 0.15) is 25.0 Å². The summed E-state index contributed by atoms with van der Waals surface area (Å²) >= 11 is 0. The molecular formula is C14H20N2O. The number of benzene rings is 1. The lowest BCUT2D eigenvalue weighted by Crippen LogP contribution is -2.21. The Morgan fingerprint density at radius 1 is 1.24 bits per heavy atom. The lowest BCUT2D eigenvalue weighted by molar-refractivity contribution is 0.108. The van der Waals surface area contributed by atoms with Gasteiger partial charge in [-0.2, -0.15) is 0 Å². The SMILES string of the molecule is Cc1cc2ncn(CC(O)C(C)C)c2cc1C. The first-order valence-corrected chi connectivity index (χ1v) is 6.09. The van der Waals surface area contributed by atoms with Crippen molar-refractivity contribution in [1.82, 2.24) is 9.55 Å². The highest BCUT2D eigenvalue weighted by atomic mass is 16.3. The van der Waals surface area contributed by atoms with Gasteiger partial charge in [0.2, 0.25) is 0 Å². The van der Waals surface area contributed by atoms with E-state index in [2.05, 4.69) is 31.0 Å². The Kier molecular flexibility index (Phi) is 3.20. The minimum atomic E-state index is -0.325. The van der Waals surface area contributed by atoms with E-state index in [9.17, 15) is 5.11 Å². The maximum atomic E-state index is 9.93. The molecule has 1 heterocycles. The van der Waals surface area contributed by atoms with E-state index in [0.717, 1.165) is 11.0 Å². The van der Waals surface area contributed by atoms with Crippen LogP contribution >= 0.6 is 0 Å². The highest BCUT2D eigenvalue weighted by molar-refractivity contribution is 5.77. The van der Waals surface area contributed by atoms with Crippen LogP contribution in [-0.2, 0) is 6.54 Å². The number of aromatic nitrogens is 2. The van der Waals surface area contributed by atoms with Crippen LogP contribution in [0.3, 0.4) is 0 Å². The molecule has 0 aliphatic rings. The minimum absolute atomic E-state index is 0.263. The van der Waals surface area contributed by atoms with Gasteiger partial charge in [0.05, 0.1) is 30.0 Å². The number of aliphatic hydroxyl groups is 1. The number of rotatable bonds is 3. The molecule has 0 amide bonds. The molecule has 0 aliphatic carbocycles. The van der Waals surface area contributed by atoms with Crippen LogP contribution in [0.4, 0.5) is 0 Å². The normalized spacial score (nSPS) is 13.5. The Labute approximate surface area is 102 Å². The Bertz CT molecular complexity index is 528. The number of hydrogen-bond acceptors (Lipinski definition) is 2. The lowest BCUT2D eigenvalue weighted by atomic mass is 10.1. The Morgan fingerprint density at radius 2 is 1.88 bits per heavy atom. The van der Waals surface area contributed by atoms with Gasteiger partial charge in [0.1, 0.15) is 0 Å². The van der Waals surface area contributed by atoms with Crippen molar-refractivity contribution in [2.45, 2.75) is 40.3 Å². The molecule has 1 aromatic heterocycles. The van der Waals surface area contributed by atoms with Crippen molar-refractivity contribution in [1.29, 1.82) is 0 Å². The highest BCUT2D eigenvalue weighted by Gasteiger charge is 2.12. The molecule has 92 valence electrons. The lowest BCUT2D eigenvalue weighted by Gasteiger charge is -2.15. The fraction of sp³-hybridized carbons (Fsp3) is 0.500. The smallest absolute Gasteiger partial charge is 0.0959 e. The van der Waals surface area contributed by atoms with Gasteiger partial charge in [-0.05, 0) is 43.0 Å². The number of imidazole rings is 1. The van der Waals surface area contributed by atoms with Gasteiger partial charge in [-0.3, -0.25) is 0 Å². The second-order valence-corrected chi connectivity index (χ2v) is 5.13. The van der Waals surface area contributed by atoms with E-state index >= 15 is 0 Å². The number of fused-ring (bicyclic) bond motifs is 1. The molecule has 1 aromatic carbocycles. The maximum absolute atomic E-state index is 9.93. The minimum Gasteiger partial charge on any atom is -0.391 e. The quantitative estimate of drug-likeness (QED) is 0.883. The Morgan fingerprint density at radius 3 is 2.53 bits per heavy atom. The zero-order valence-electron chi connectivity index (χ0n) is 10.9. The monoisotopic (exact) mass is 232 g/mol. The van der Waals surface area contributed by atoms with Crippen LogP contribution in [0.15, 0.2) is 18.5 Å². The third kappa shape index (κ3) is 2.34. The van der Waals surface area contributed by atoms with Crippen molar-refractivity contribution < 1.29 is 5.11 Å². The van der Waals surface area contributed by atoms with Crippen LogP contribution in [0.5, 0.6) is 0 Å². The first-order valence-electron chi connectivity index (χ1n) is 6.09. The molecule has 0 radical (unpaired) electrons. The summed E-state index contributed by atoms with van der Waals surface area (Å²) in [6, 6.07) is 4.24. The van der Waals surface area contributed by atoms with Gasteiger partial charge in [-0.15, -0.1) is 0 Å². The summed E-state index contributed by atoms with van der Waals surface area (Å²) in [5.74, 6) is 0.263. The molecule has 17 heavy (non-hydrogen) atoms. The predicted octanol–water partition coefficient (Wildman–Crippen LogP) is 2.67. The van der Waals surface area contributed by atoms with Crippen molar-refractivity contribution in [2.75, 3.05) is 0 Å². The third-order valence-corrected chi connectivity index (χ3v) is 3.39. The van der Waals surface area contributed by atoms with Crippen LogP contribution in [0, 0.1) is 19.8 Å². The number of aliphatic hydroxyl groups excluding tert-OH is 1. The van der Waals surface area contributed by atoms with Crippen molar-refractivity contribution in [2.24, 2.45) is 5.92 Å². The van der Waals surface area contributed by atoms with Crippen molar-refractivity contribution in [3.05, 3.63) is 29.6 Å². The van der Waals surface area contributed by atoms with Crippen LogP contribution in [0.2, 0.25) is 0 Å². The summed E-state index contributed by atoms with van der Waals surface area (Å²) in [6.07, 6.45) is 1.49. The first kappa shape index (κ1) is 12.1. The zero-order chi connectivity index (χ0) is 12.6. The molecule has 3 heteroatoms. The molecule has 0 aliphatic heterocycles. The van der Waals surface area contributed by atoms with Gasteiger partial charge >= 0.3 is 0 Å². The predicted molar refractivity (Wildman–Crippen MR) is 70.1 cm³/mol. The maximum Gasteiger partial charge on any atom is 0.0959 e. The third-order valence-electron chi connectivity index (χ3n) is 3.39. The van der Waals surface area contributed by atoms with Crippen LogP contribution in [-0.4, -0.2) is 20.8 Å². The number of nitrogens with zero attached hydrogens (tertiary/aromatic N) is 2. The van der Waals surface area contributed by atoms with Gasteiger partial charge in [-0.25, -0.2) is 4.98 Å². The van der Waals surface area contributed by atoms with E-state index < -0.39 is 0 Å². The molecule has 0 saturated heterocycles.